The van der Waals surface area contributed by atoms with Gasteiger partial charge in [-0.25, -0.2) is 4.79 Å². The number of hydrogen-bond donors (Lipinski definition) is 2. The molecule has 1 aromatic carbocycles. The zero-order valence-electron chi connectivity index (χ0n) is 12.0. The predicted octanol–water partition coefficient (Wildman–Crippen LogP) is 2.29. The Bertz CT molecular complexity index is 425. The molecule has 1 aliphatic rings. The molecule has 0 aliphatic carbocycles. The molecule has 110 valence electrons. The van der Waals surface area contributed by atoms with Gasteiger partial charge in [0.25, 0.3) is 0 Å². The molecule has 5 heteroatoms. The van der Waals surface area contributed by atoms with E-state index in [0.29, 0.717) is 5.92 Å². The molecule has 3 N–H and O–H groups in total. The van der Waals surface area contributed by atoms with Crippen LogP contribution in [-0.2, 0) is 0 Å². The van der Waals surface area contributed by atoms with Crippen molar-refractivity contribution >= 4 is 11.7 Å². The van der Waals surface area contributed by atoms with Gasteiger partial charge in [-0.1, -0.05) is 0 Å². The van der Waals surface area contributed by atoms with E-state index in [-0.39, 0.29) is 6.03 Å². The van der Waals surface area contributed by atoms with Gasteiger partial charge in [-0.2, -0.15) is 0 Å². The van der Waals surface area contributed by atoms with Crippen molar-refractivity contribution in [2.24, 2.45) is 11.7 Å². The van der Waals surface area contributed by atoms with Crippen molar-refractivity contribution in [2.75, 3.05) is 32.1 Å². The summed E-state index contributed by atoms with van der Waals surface area (Å²) in [6, 6.07) is 7.34. The number of piperidine rings is 1. The first kappa shape index (κ1) is 14.7. The maximum atomic E-state index is 12.1. The lowest BCUT2D eigenvalue weighted by Gasteiger charge is -2.31. The van der Waals surface area contributed by atoms with Gasteiger partial charge in [0, 0.05) is 18.8 Å². The lowest BCUT2D eigenvalue weighted by Crippen LogP contribution is -2.41. The average molecular weight is 277 g/mol. The second kappa shape index (κ2) is 7.14. The van der Waals surface area contributed by atoms with Crippen LogP contribution in [0.3, 0.4) is 0 Å². The SMILES string of the molecule is COc1ccc(NC(=O)N2CCC(CCN)CC2)cc1. The Morgan fingerprint density at radius 3 is 2.55 bits per heavy atom. The van der Waals surface area contributed by atoms with Crippen LogP contribution in [-0.4, -0.2) is 37.7 Å². The highest BCUT2D eigenvalue weighted by Gasteiger charge is 2.22. The number of hydrogen-bond acceptors (Lipinski definition) is 3. The smallest absolute Gasteiger partial charge is 0.321 e. The van der Waals surface area contributed by atoms with Crippen LogP contribution in [0.5, 0.6) is 5.75 Å². The monoisotopic (exact) mass is 277 g/mol. The number of likely N-dealkylation sites (tertiary alicyclic amines) is 1. The molecule has 1 aromatic rings. The molecule has 1 heterocycles. The summed E-state index contributed by atoms with van der Waals surface area (Å²) >= 11 is 0. The molecule has 20 heavy (non-hydrogen) atoms. The second-order valence-electron chi connectivity index (χ2n) is 5.17. The fraction of sp³-hybridized carbons (Fsp3) is 0.533. The van der Waals surface area contributed by atoms with Gasteiger partial charge in [0.05, 0.1) is 7.11 Å². The van der Waals surface area contributed by atoms with Crippen LogP contribution in [0.15, 0.2) is 24.3 Å². The molecular weight excluding hydrogens is 254 g/mol. The molecule has 0 aromatic heterocycles. The highest BCUT2D eigenvalue weighted by atomic mass is 16.5. The van der Waals surface area contributed by atoms with Crippen molar-refractivity contribution < 1.29 is 9.53 Å². The lowest BCUT2D eigenvalue weighted by atomic mass is 9.94. The van der Waals surface area contributed by atoms with Gasteiger partial charge in [-0.15, -0.1) is 0 Å². The van der Waals surface area contributed by atoms with Crippen molar-refractivity contribution in [1.29, 1.82) is 0 Å². The number of methoxy groups -OCH3 is 1. The fourth-order valence-corrected chi connectivity index (χ4v) is 2.54. The summed E-state index contributed by atoms with van der Waals surface area (Å²) in [7, 11) is 1.62. The molecule has 0 unspecified atom stereocenters. The third-order valence-corrected chi connectivity index (χ3v) is 3.82. The number of urea groups is 1. The van der Waals surface area contributed by atoms with E-state index in [1.807, 2.05) is 29.2 Å². The number of ether oxygens (including phenoxy) is 1. The summed E-state index contributed by atoms with van der Waals surface area (Å²) in [5.74, 6) is 1.45. The van der Waals surface area contributed by atoms with Crippen LogP contribution < -0.4 is 15.8 Å². The molecule has 0 bridgehead atoms. The second-order valence-corrected chi connectivity index (χ2v) is 5.17. The van der Waals surface area contributed by atoms with E-state index in [4.69, 9.17) is 10.5 Å². The summed E-state index contributed by atoms with van der Waals surface area (Å²) in [4.78, 5) is 14.0. The number of anilines is 1. The van der Waals surface area contributed by atoms with Crippen molar-refractivity contribution in [3.8, 4) is 5.75 Å². The van der Waals surface area contributed by atoms with E-state index >= 15 is 0 Å². The summed E-state index contributed by atoms with van der Waals surface area (Å²) in [5.41, 5.74) is 6.37. The van der Waals surface area contributed by atoms with Gasteiger partial charge in [-0.05, 0) is 56.0 Å². The minimum absolute atomic E-state index is 0.0265. The van der Waals surface area contributed by atoms with Crippen molar-refractivity contribution in [2.45, 2.75) is 19.3 Å². The Morgan fingerprint density at radius 1 is 1.35 bits per heavy atom. The van der Waals surface area contributed by atoms with E-state index < -0.39 is 0 Å². The molecule has 1 aliphatic heterocycles. The number of nitrogens with one attached hydrogen (secondary N) is 1. The summed E-state index contributed by atoms with van der Waals surface area (Å²) in [5, 5.41) is 2.92. The van der Waals surface area contributed by atoms with Gasteiger partial charge in [0.1, 0.15) is 5.75 Å². The third-order valence-electron chi connectivity index (χ3n) is 3.82. The zero-order valence-corrected chi connectivity index (χ0v) is 12.0. The molecule has 1 saturated heterocycles. The topological polar surface area (TPSA) is 67.6 Å². The molecule has 0 atom stereocenters. The number of carbonyl (C=O) groups is 1. The first-order valence-corrected chi connectivity index (χ1v) is 7.13. The van der Waals surface area contributed by atoms with E-state index in [1.54, 1.807) is 7.11 Å². The van der Waals surface area contributed by atoms with Crippen LogP contribution >= 0.6 is 0 Å². The molecule has 1 fully saturated rings. The van der Waals surface area contributed by atoms with Gasteiger partial charge < -0.3 is 20.7 Å². The fourth-order valence-electron chi connectivity index (χ4n) is 2.54. The number of nitrogens with zero attached hydrogens (tertiary/aromatic N) is 1. The molecule has 5 nitrogen and oxygen atoms in total. The van der Waals surface area contributed by atoms with Gasteiger partial charge in [0.15, 0.2) is 0 Å². The number of benzene rings is 1. The maximum absolute atomic E-state index is 12.1. The normalized spacial score (nSPS) is 16.0. The summed E-state index contributed by atoms with van der Waals surface area (Å²) in [6.07, 6.45) is 3.16. The average Bonchev–Trinajstić information content (AvgIpc) is 2.49. The summed E-state index contributed by atoms with van der Waals surface area (Å²) < 4.78 is 5.09. The van der Waals surface area contributed by atoms with Crippen molar-refractivity contribution in [1.82, 2.24) is 4.90 Å². The standard InChI is InChI=1S/C15H23N3O2/c1-20-14-4-2-13(3-5-14)17-15(19)18-10-7-12(6-9-16)8-11-18/h2-5,12H,6-11,16H2,1H3,(H,17,19). The first-order valence-electron chi connectivity index (χ1n) is 7.13. The van der Waals surface area contributed by atoms with Crippen molar-refractivity contribution in [3.05, 3.63) is 24.3 Å². The Morgan fingerprint density at radius 2 is 2.00 bits per heavy atom. The molecule has 2 rings (SSSR count). The van der Waals surface area contributed by atoms with E-state index in [2.05, 4.69) is 5.32 Å². The van der Waals surface area contributed by atoms with Crippen LogP contribution in [0.25, 0.3) is 0 Å². The number of rotatable bonds is 4. The maximum Gasteiger partial charge on any atom is 0.321 e. The van der Waals surface area contributed by atoms with Gasteiger partial charge >= 0.3 is 6.03 Å². The number of amides is 2. The molecule has 0 spiro atoms. The number of carbonyl (C=O) groups excluding carboxylic acids is 1. The van der Waals surface area contributed by atoms with E-state index in [1.165, 1.54) is 0 Å². The molecular formula is C15H23N3O2. The van der Waals surface area contributed by atoms with Crippen LogP contribution in [0.2, 0.25) is 0 Å². The van der Waals surface area contributed by atoms with Crippen LogP contribution in [0.1, 0.15) is 19.3 Å². The van der Waals surface area contributed by atoms with Gasteiger partial charge in [0.2, 0.25) is 0 Å². The Hall–Kier alpha value is -1.75. The highest BCUT2D eigenvalue weighted by molar-refractivity contribution is 5.89. The Balaban J connectivity index is 1.83. The molecule has 0 saturated carbocycles. The predicted molar refractivity (Wildman–Crippen MR) is 80.0 cm³/mol. The minimum Gasteiger partial charge on any atom is -0.497 e. The van der Waals surface area contributed by atoms with Crippen LogP contribution in [0, 0.1) is 5.92 Å². The molecule has 2 amide bonds. The Labute approximate surface area is 120 Å². The van der Waals surface area contributed by atoms with E-state index in [9.17, 15) is 4.79 Å². The highest BCUT2D eigenvalue weighted by Crippen LogP contribution is 2.21. The largest absolute Gasteiger partial charge is 0.497 e. The molecule has 0 radical (unpaired) electrons. The Kier molecular flexibility index (Phi) is 5.24. The third kappa shape index (κ3) is 3.87. The summed E-state index contributed by atoms with van der Waals surface area (Å²) in [6.45, 7) is 2.36. The first-order chi connectivity index (χ1) is 9.72. The van der Waals surface area contributed by atoms with Crippen molar-refractivity contribution in [3.63, 3.8) is 0 Å². The van der Waals surface area contributed by atoms with Gasteiger partial charge in [-0.3, -0.25) is 0 Å². The van der Waals surface area contributed by atoms with E-state index in [0.717, 1.165) is 50.3 Å². The zero-order chi connectivity index (χ0) is 14.4. The number of nitrogens with two attached hydrogens (primary N) is 1. The quantitative estimate of drug-likeness (QED) is 0.887. The van der Waals surface area contributed by atoms with Crippen LogP contribution in [0.4, 0.5) is 10.5 Å². The minimum atomic E-state index is -0.0265. The lowest BCUT2D eigenvalue weighted by molar-refractivity contribution is 0.180.